The molecule has 7 heteroatoms. The number of ether oxygens (including phenoxy) is 2. The van der Waals surface area contributed by atoms with Crippen molar-refractivity contribution in [2.45, 2.75) is 39.0 Å². The fraction of sp³-hybridized carbons (Fsp3) is 0.269. The summed E-state index contributed by atoms with van der Waals surface area (Å²) in [5.41, 5.74) is 3.81. The number of rotatable bonds is 8. The van der Waals surface area contributed by atoms with E-state index < -0.39 is 16.0 Å². The van der Waals surface area contributed by atoms with Gasteiger partial charge in [-0.3, -0.25) is 4.31 Å². The van der Waals surface area contributed by atoms with Crippen molar-refractivity contribution in [1.82, 2.24) is 0 Å². The standard InChI is InChI=1S/C26H29NO5S/c1-6-20-9-15-24(17-25(20)26(28)31-5)33(29,30)27(7-2)21-10-13-22(14-11-21)32-23-12-8-18(3)19(4)16-23/h8-17H,6-7H2,1-5H3. The normalized spacial score (nSPS) is 11.2. The number of hydrogen-bond acceptors (Lipinski definition) is 5. The minimum Gasteiger partial charge on any atom is -0.465 e. The predicted octanol–water partition coefficient (Wildman–Crippen LogP) is 5.66. The van der Waals surface area contributed by atoms with E-state index in [-0.39, 0.29) is 17.0 Å². The number of nitrogens with zero attached hydrogens (tertiary/aromatic N) is 1. The first-order valence-electron chi connectivity index (χ1n) is 10.8. The first-order chi connectivity index (χ1) is 15.7. The van der Waals surface area contributed by atoms with Crippen LogP contribution in [-0.2, 0) is 21.2 Å². The zero-order chi connectivity index (χ0) is 24.2. The smallest absolute Gasteiger partial charge is 0.338 e. The number of methoxy groups -OCH3 is 1. The quantitative estimate of drug-likeness (QED) is 0.400. The molecular weight excluding hydrogens is 438 g/mol. The lowest BCUT2D eigenvalue weighted by atomic mass is 10.1. The Morgan fingerprint density at radius 1 is 0.879 bits per heavy atom. The molecule has 0 fully saturated rings. The average Bonchev–Trinajstić information content (AvgIpc) is 2.81. The van der Waals surface area contributed by atoms with Crippen molar-refractivity contribution in [2.75, 3.05) is 18.0 Å². The molecule has 0 radical (unpaired) electrons. The second-order valence-corrected chi connectivity index (χ2v) is 9.54. The molecule has 174 valence electrons. The SMILES string of the molecule is CCc1ccc(S(=O)(=O)N(CC)c2ccc(Oc3ccc(C)c(C)c3)cc2)cc1C(=O)OC. The zero-order valence-corrected chi connectivity index (χ0v) is 20.4. The Morgan fingerprint density at radius 2 is 1.55 bits per heavy atom. The second-order valence-electron chi connectivity index (χ2n) is 7.68. The van der Waals surface area contributed by atoms with Crippen molar-refractivity contribution in [3.05, 3.63) is 82.9 Å². The lowest BCUT2D eigenvalue weighted by Gasteiger charge is -2.23. The van der Waals surface area contributed by atoms with Gasteiger partial charge in [0.2, 0.25) is 0 Å². The van der Waals surface area contributed by atoms with Crippen molar-refractivity contribution >= 4 is 21.7 Å². The molecule has 0 amide bonds. The molecule has 0 atom stereocenters. The minimum atomic E-state index is -3.89. The molecule has 0 aliphatic carbocycles. The topological polar surface area (TPSA) is 72.9 Å². The Labute approximate surface area is 195 Å². The second kappa shape index (κ2) is 10.1. The van der Waals surface area contributed by atoms with Gasteiger partial charge in [-0.1, -0.05) is 19.1 Å². The van der Waals surface area contributed by atoms with Crippen LogP contribution in [0.15, 0.2) is 65.6 Å². The van der Waals surface area contributed by atoms with E-state index in [0.717, 1.165) is 16.9 Å². The van der Waals surface area contributed by atoms with E-state index in [0.29, 0.717) is 17.9 Å². The molecule has 6 nitrogen and oxygen atoms in total. The van der Waals surface area contributed by atoms with Gasteiger partial charge in [-0.15, -0.1) is 0 Å². The van der Waals surface area contributed by atoms with Crippen molar-refractivity contribution in [3.63, 3.8) is 0 Å². The molecule has 0 spiro atoms. The largest absolute Gasteiger partial charge is 0.465 e. The molecule has 0 unspecified atom stereocenters. The highest BCUT2D eigenvalue weighted by molar-refractivity contribution is 7.92. The first-order valence-corrected chi connectivity index (χ1v) is 12.2. The summed E-state index contributed by atoms with van der Waals surface area (Å²) >= 11 is 0. The molecule has 3 rings (SSSR count). The maximum atomic E-state index is 13.4. The lowest BCUT2D eigenvalue weighted by molar-refractivity contribution is 0.0599. The fourth-order valence-corrected chi connectivity index (χ4v) is 5.04. The summed E-state index contributed by atoms with van der Waals surface area (Å²) in [4.78, 5) is 12.2. The van der Waals surface area contributed by atoms with Gasteiger partial charge in [0, 0.05) is 6.54 Å². The van der Waals surface area contributed by atoms with Crippen LogP contribution < -0.4 is 9.04 Å². The van der Waals surface area contributed by atoms with Crippen LogP contribution in [0, 0.1) is 13.8 Å². The number of benzene rings is 3. The molecule has 3 aromatic carbocycles. The molecule has 0 heterocycles. The Kier molecular flexibility index (Phi) is 7.43. The minimum absolute atomic E-state index is 0.0393. The third-order valence-corrected chi connectivity index (χ3v) is 7.48. The third kappa shape index (κ3) is 5.20. The van der Waals surface area contributed by atoms with Crippen molar-refractivity contribution in [3.8, 4) is 11.5 Å². The van der Waals surface area contributed by atoms with Gasteiger partial charge in [0.05, 0.1) is 23.3 Å². The van der Waals surface area contributed by atoms with Gasteiger partial charge in [-0.25, -0.2) is 13.2 Å². The van der Waals surface area contributed by atoms with Gasteiger partial charge in [0.15, 0.2) is 0 Å². The van der Waals surface area contributed by atoms with Crippen LogP contribution in [0.5, 0.6) is 11.5 Å². The summed E-state index contributed by atoms with van der Waals surface area (Å²) in [6, 6.07) is 17.3. The monoisotopic (exact) mass is 467 g/mol. The van der Waals surface area contributed by atoms with Crippen LogP contribution in [0.2, 0.25) is 0 Å². The summed E-state index contributed by atoms with van der Waals surface area (Å²) in [5, 5.41) is 0. The van der Waals surface area contributed by atoms with Gasteiger partial charge < -0.3 is 9.47 Å². The highest BCUT2D eigenvalue weighted by Crippen LogP contribution is 2.29. The molecule has 0 aliphatic rings. The fourth-order valence-electron chi connectivity index (χ4n) is 3.54. The predicted molar refractivity (Wildman–Crippen MR) is 130 cm³/mol. The summed E-state index contributed by atoms with van der Waals surface area (Å²) < 4.78 is 38.9. The molecule has 3 aromatic rings. The molecule has 0 saturated heterocycles. The number of esters is 1. The van der Waals surface area contributed by atoms with Gasteiger partial charge in [0.1, 0.15) is 11.5 Å². The summed E-state index contributed by atoms with van der Waals surface area (Å²) in [7, 11) is -2.61. The van der Waals surface area contributed by atoms with Gasteiger partial charge in [-0.2, -0.15) is 0 Å². The summed E-state index contributed by atoms with van der Waals surface area (Å²) in [5.74, 6) is 0.771. The van der Waals surface area contributed by atoms with Crippen molar-refractivity contribution in [2.24, 2.45) is 0 Å². The van der Waals surface area contributed by atoms with Crippen molar-refractivity contribution < 1.29 is 22.7 Å². The van der Waals surface area contributed by atoms with Gasteiger partial charge in [-0.05, 0) is 92.4 Å². The summed E-state index contributed by atoms with van der Waals surface area (Å²) in [6.45, 7) is 7.95. The number of carbonyl (C=O) groups is 1. The van der Waals surface area contributed by atoms with E-state index in [1.165, 1.54) is 29.1 Å². The molecule has 33 heavy (non-hydrogen) atoms. The van der Waals surface area contributed by atoms with Crippen LogP contribution in [0.25, 0.3) is 0 Å². The van der Waals surface area contributed by atoms with Crippen LogP contribution in [-0.4, -0.2) is 28.0 Å². The zero-order valence-electron chi connectivity index (χ0n) is 19.6. The molecule has 0 aromatic heterocycles. The van der Waals surface area contributed by atoms with Gasteiger partial charge in [0.25, 0.3) is 10.0 Å². The Balaban J connectivity index is 1.90. The van der Waals surface area contributed by atoms with Crippen LogP contribution in [0.3, 0.4) is 0 Å². The van der Waals surface area contributed by atoms with Crippen LogP contribution in [0.4, 0.5) is 5.69 Å². The Bertz CT molecular complexity index is 1250. The van der Waals surface area contributed by atoms with E-state index in [1.54, 1.807) is 37.3 Å². The Morgan fingerprint density at radius 3 is 2.12 bits per heavy atom. The molecule has 0 saturated carbocycles. The van der Waals surface area contributed by atoms with E-state index in [9.17, 15) is 13.2 Å². The van der Waals surface area contributed by atoms with Crippen molar-refractivity contribution in [1.29, 1.82) is 0 Å². The van der Waals surface area contributed by atoms with E-state index in [1.807, 2.05) is 39.0 Å². The number of anilines is 1. The summed E-state index contributed by atoms with van der Waals surface area (Å²) in [6.07, 6.45) is 0.588. The molecule has 0 bridgehead atoms. The highest BCUT2D eigenvalue weighted by atomic mass is 32.2. The van der Waals surface area contributed by atoms with Crippen LogP contribution >= 0.6 is 0 Å². The molecular formula is C26H29NO5S. The van der Waals surface area contributed by atoms with E-state index >= 15 is 0 Å². The number of carbonyl (C=O) groups excluding carboxylic acids is 1. The van der Waals surface area contributed by atoms with Gasteiger partial charge >= 0.3 is 5.97 Å². The van der Waals surface area contributed by atoms with E-state index in [4.69, 9.17) is 9.47 Å². The van der Waals surface area contributed by atoms with Crippen LogP contribution in [0.1, 0.15) is 40.9 Å². The molecule has 0 N–H and O–H groups in total. The number of sulfonamides is 1. The third-order valence-electron chi connectivity index (χ3n) is 5.58. The lowest BCUT2D eigenvalue weighted by Crippen LogP contribution is -2.31. The molecule has 0 aliphatic heterocycles. The number of aryl methyl sites for hydroxylation is 3. The first kappa shape index (κ1) is 24.3. The maximum Gasteiger partial charge on any atom is 0.338 e. The highest BCUT2D eigenvalue weighted by Gasteiger charge is 2.26. The maximum absolute atomic E-state index is 13.4. The Hall–Kier alpha value is -3.32. The van der Waals surface area contributed by atoms with E-state index in [2.05, 4.69) is 0 Å². The number of hydrogen-bond donors (Lipinski definition) is 0. The average molecular weight is 468 g/mol.